The van der Waals surface area contributed by atoms with Gasteiger partial charge in [-0.15, -0.1) is 0 Å². The highest BCUT2D eigenvalue weighted by Gasteiger charge is 2.26. The lowest BCUT2D eigenvalue weighted by Gasteiger charge is -2.38. The summed E-state index contributed by atoms with van der Waals surface area (Å²) in [7, 11) is 2.00. The van der Waals surface area contributed by atoms with Crippen LogP contribution < -0.4 is 10.2 Å². The van der Waals surface area contributed by atoms with E-state index >= 15 is 0 Å². The number of hydrogen-bond donors (Lipinski definition) is 1. The second kappa shape index (κ2) is 8.02. The molecule has 2 aliphatic rings. The first-order valence-electron chi connectivity index (χ1n) is 9.46. The summed E-state index contributed by atoms with van der Waals surface area (Å²) in [4.78, 5) is 17.2. The summed E-state index contributed by atoms with van der Waals surface area (Å²) in [6.07, 6.45) is 5.34. The van der Waals surface area contributed by atoms with Gasteiger partial charge in [-0.1, -0.05) is 18.2 Å². The van der Waals surface area contributed by atoms with E-state index in [1.54, 1.807) is 0 Å². The lowest BCUT2D eigenvalue weighted by atomic mass is 9.96. The molecule has 1 aromatic carbocycles. The molecule has 4 nitrogen and oxygen atoms in total. The van der Waals surface area contributed by atoms with Crippen LogP contribution in [0.3, 0.4) is 0 Å². The maximum absolute atomic E-state index is 12.7. The number of anilines is 1. The Kier molecular flexibility index (Phi) is 5.77. The van der Waals surface area contributed by atoms with E-state index in [9.17, 15) is 4.79 Å². The van der Waals surface area contributed by atoms with Gasteiger partial charge in [-0.25, -0.2) is 0 Å². The van der Waals surface area contributed by atoms with Crippen LogP contribution in [0, 0.1) is 5.92 Å². The Morgan fingerprint density at radius 1 is 1.29 bits per heavy atom. The number of hydrogen-bond acceptors (Lipinski definition) is 3. The quantitative estimate of drug-likeness (QED) is 0.902. The Morgan fingerprint density at radius 2 is 2.12 bits per heavy atom. The number of aryl methyl sites for hydroxylation is 1. The molecule has 2 aliphatic heterocycles. The van der Waals surface area contributed by atoms with E-state index in [1.807, 2.05) is 7.05 Å². The Bertz CT molecular complexity index is 558. The Balaban J connectivity index is 1.58. The van der Waals surface area contributed by atoms with Gasteiger partial charge >= 0.3 is 0 Å². The SMILES string of the molecule is CNC[C@@H]1CCCN(C(=O)CCN2c3ccccc3CC[C@@H]2C)C1. The highest BCUT2D eigenvalue weighted by atomic mass is 16.2. The summed E-state index contributed by atoms with van der Waals surface area (Å²) < 4.78 is 0. The van der Waals surface area contributed by atoms with Crippen molar-refractivity contribution in [2.45, 2.75) is 45.1 Å². The molecule has 2 atom stereocenters. The van der Waals surface area contributed by atoms with Gasteiger partial charge in [0, 0.05) is 37.8 Å². The smallest absolute Gasteiger partial charge is 0.224 e. The Hall–Kier alpha value is -1.55. The number of piperidine rings is 1. The zero-order chi connectivity index (χ0) is 16.9. The molecule has 4 heteroatoms. The summed E-state index contributed by atoms with van der Waals surface area (Å²) in [6, 6.07) is 9.18. The van der Waals surface area contributed by atoms with E-state index in [4.69, 9.17) is 0 Å². The van der Waals surface area contributed by atoms with Gasteiger partial charge in [0.05, 0.1) is 0 Å². The van der Waals surface area contributed by atoms with Crippen molar-refractivity contribution >= 4 is 11.6 Å². The number of amides is 1. The first kappa shape index (κ1) is 17.3. The van der Waals surface area contributed by atoms with Crippen LogP contribution in [-0.4, -0.2) is 50.1 Å². The molecule has 132 valence electrons. The van der Waals surface area contributed by atoms with Crippen molar-refractivity contribution in [2.75, 3.05) is 38.1 Å². The Labute approximate surface area is 146 Å². The van der Waals surface area contributed by atoms with Crippen molar-refractivity contribution in [1.82, 2.24) is 10.2 Å². The predicted octanol–water partition coefficient (Wildman–Crippen LogP) is 2.68. The van der Waals surface area contributed by atoms with Gasteiger partial charge in [0.15, 0.2) is 0 Å². The number of carbonyl (C=O) groups is 1. The molecule has 2 heterocycles. The molecular formula is C20H31N3O. The fourth-order valence-electron chi connectivity index (χ4n) is 4.22. The monoisotopic (exact) mass is 329 g/mol. The van der Waals surface area contributed by atoms with Crippen molar-refractivity contribution in [1.29, 1.82) is 0 Å². The number of nitrogens with zero attached hydrogens (tertiary/aromatic N) is 2. The lowest BCUT2D eigenvalue weighted by molar-refractivity contribution is -0.132. The van der Waals surface area contributed by atoms with Crippen molar-refractivity contribution in [3.05, 3.63) is 29.8 Å². The third-order valence-corrected chi connectivity index (χ3v) is 5.60. The van der Waals surface area contributed by atoms with Crippen molar-refractivity contribution in [3.8, 4) is 0 Å². The molecule has 0 bridgehead atoms. The van der Waals surface area contributed by atoms with E-state index in [-0.39, 0.29) is 0 Å². The molecule has 0 spiro atoms. The van der Waals surface area contributed by atoms with Gasteiger partial charge in [0.1, 0.15) is 0 Å². The molecule has 0 radical (unpaired) electrons. The van der Waals surface area contributed by atoms with E-state index in [1.165, 1.54) is 24.1 Å². The molecular weight excluding hydrogens is 298 g/mol. The van der Waals surface area contributed by atoms with E-state index in [0.29, 0.717) is 24.3 Å². The molecule has 1 fully saturated rings. The molecule has 0 unspecified atom stereocenters. The number of para-hydroxylation sites is 1. The van der Waals surface area contributed by atoms with Crippen LogP contribution in [0.25, 0.3) is 0 Å². The molecule has 0 saturated carbocycles. The zero-order valence-corrected chi connectivity index (χ0v) is 15.1. The minimum absolute atomic E-state index is 0.325. The summed E-state index contributed by atoms with van der Waals surface area (Å²) in [5, 5.41) is 3.25. The summed E-state index contributed by atoms with van der Waals surface area (Å²) in [5.41, 5.74) is 2.76. The van der Waals surface area contributed by atoms with Crippen LogP contribution in [0.2, 0.25) is 0 Å². The highest BCUT2D eigenvalue weighted by molar-refractivity contribution is 5.77. The second-order valence-electron chi connectivity index (χ2n) is 7.37. The largest absolute Gasteiger partial charge is 0.368 e. The summed E-state index contributed by atoms with van der Waals surface area (Å²) >= 11 is 0. The number of benzene rings is 1. The molecule has 1 N–H and O–H groups in total. The Morgan fingerprint density at radius 3 is 2.96 bits per heavy atom. The number of nitrogens with one attached hydrogen (secondary N) is 1. The number of fused-ring (bicyclic) bond motifs is 1. The van der Waals surface area contributed by atoms with Gasteiger partial charge in [-0.3, -0.25) is 4.79 Å². The predicted molar refractivity (Wildman–Crippen MR) is 99.4 cm³/mol. The van der Waals surface area contributed by atoms with Gasteiger partial charge < -0.3 is 15.1 Å². The number of likely N-dealkylation sites (tertiary alicyclic amines) is 1. The molecule has 1 saturated heterocycles. The minimum atomic E-state index is 0.325. The molecule has 0 aliphatic carbocycles. The van der Waals surface area contributed by atoms with Gasteiger partial charge in [0.2, 0.25) is 5.91 Å². The highest BCUT2D eigenvalue weighted by Crippen LogP contribution is 2.30. The fourth-order valence-corrected chi connectivity index (χ4v) is 4.22. The standard InChI is InChI=1S/C20H31N3O/c1-16-9-10-18-7-3-4-8-19(18)23(16)13-11-20(24)22-12-5-6-17(15-22)14-21-2/h3-4,7-8,16-17,21H,5-6,9-15H2,1-2H3/t16-,17-/m0/s1. The average Bonchev–Trinajstić information content (AvgIpc) is 2.61. The molecule has 0 aromatic heterocycles. The topological polar surface area (TPSA) is 35.6 Å². The van der Waals surface area contributed by atoms with Crippen LogP contribution in [0.4, 0.5) is 5.69 Å². The zero-order valence-electron chi connectivity index (χ0n) is 15.1. The average molecular weight is 329 g/mol. The molecule has 24 heavy (non-hydrogen) atoms. The van der Waals surface area contributed by atoms with Crippen LogP contribution >= 0.6 is 0 Å². The molecule has 3 rings (SSSR count). The van der Waals surface area contributed by atoms with E-state index < -0.39 is 0 Å². The number of rotatable bonds is 5. The third kappa shape index (κ3) is 3.92. The van der Waals surface area contributed by atoms with Crippen LogP contribution in [-0.2, 0) is 11.2 Å². The van der Waals surface area contributed by atoms with Crippen molar-refractivity contribution < 1.29 is 4.79 Å². The van der Waals surface area contributed by atoms with Crippen LogP contribution in [0.15, 0.2) is 24.3 Å². The lowest BCUT2D eigenvalue weighted by Crippen LogP contribution is -2.44. The van der Waals surface area contributed by atoms with Crippen molar-refractivity contribution in [2.24, 2.45) is 5.92 Å². The normalized spacial score (nSPS) is 23.9. The fraction of sp³-hybridized carbons (Fsp3) is 0.650. The first-order chi connectivity index (χ1) is 11.7. The summed E-state index contributed by atoms with van der Waals surface area (Å²) in [5.74, 6) is 0.938. The van der Waals surface area contributed by atoms with Crippen LogP contribution in [0.5, 0.6) is 0 Å². The van der Waals surface area contributed by atoms with Gasteiger partial charge in [-0.05, 0) is 63.7 Å². The van der Waals surface area contributed by atoms with E-state index in [0.717, 1.165) is 39.0 Å². The number of carbonyl (C=O) groups excluding carboxylic acids is 1. The van der Waals surface area contributed by atoms with Gasteiger partial charge in [-0.2, -0.15) is 0 Å². The third-order valence-electron chi connectivity index (χ3n) is 5.60. The molecule has 1 amide bonds. The van der Waals surface area contributed by atoms with Crippen LogP contribution in [0.1, 0.15) is 38.2 Å². The van der Waals surface area contributed by atoms with E-state index in [2.05, 4.69) is 46.3 Å². The maximum Gasteiger partial charge on any atom is 0.224 e. The summed E-state index contributed by atoms with van der Waals surface area (Å²) in [6.45, 7) is 5.99. The molecule has 1 aromatic rings. The minimum Gasteiger partial charge on any atom is -0.368 e. The first-order valence-corrected chi connectivity index (χ1v) is 9.46. The maximum atomic E-state index is 12.7. The van der Waals surface area contributed by atoms with Crippen molar-refractivity contribution in [3.63, 3.8) is 0 Å². The van der Waals surface area contributed by atoms with Gasteiger partial charge in [0.25, 0.3) is 0 Å². The second-order valence-corrected chi connectivity index (χ2v) is 7.37.